The highest BCUT2D eigenvalue weighted by molar-refractivity contribution is 7.97. The minimum atomic E-state index is -0.136. The first-order valence-corrected chi connectivity index (χ1v) is 10.3. The van der Waals surface area contributed by atoms with Crippen LogP contribution in [0.15, 0.2) is 41.3 Å². The Balaban J connectivity index is 1.93. The molecule has 0 radical (unpaired) electrons. The second-order valence-corrected chi connectivity index (χ2v) is 8.67. The van der Waals surface area contributed by atoms with Crippen molar-refractivity contribution < 1.29 is 4.79 Å². The van der Waals surface area contributed by atoms with Crippen molar-refractivity contribution in [1.82, 2.24) is 4.98 Å². The summed E-state index contributed by atoms with van der Waals surface area (Å²) in [6.45, 7) is 8.32. The van der Waals surface area contributed by atoms with E-state index in [1.165, 1.54) is 6.42 Å². The van der Waals surface area contributed by atoms with Crippen molar-refractivity contribution in [2.24, 2.45) is 5.14 Å². The zero-order chi connectivity index (χ0) is 19.4. The number of carbonyl (C=O) groups is 1. The molecule has 1 aromatic carbocycles. The molecule has 0 aliphatic carbocycles. The average Bonchev–Trinajstić information content (AvgIpc) is 2.67. The van der Waals surface area contributed by atoms with Gasteiger partial charge >= 0.3 is 0 Å². The van der Waals surface area contributed by atoms with Crippen LogP contribution in [0.25, 0.3) is 0 Å². The number of nitrogens with one attached hydrogen (secondary N) is 1. The van der Waals surface area contributed by atoms with Gasteiger partial charge in [-0.15, -0.1) is 0 Å². The van der Waals surface area contributed by atoms with Crippen LogP contribution in [-0.2, 0) is 5.41 Å². The van der Waals surface area contributed by atoms with Crippen molar-refractivity contribution in [1.29, 1.82) is 0 Å². The van der Waals surface area contributed by atoms with E-state index in [4.69, 9.17) is 10.1 Å². The molecule has 3 N–H and O–H groups in total. The molecule has 1 aliphatic heterocycles. The third-order valence-corrected chi connectivity index (χ3v) is 5.30. The van der Waals surface area contributed by atoms with Crippen LogP contribution in [0.5, 0.6) is 0 Å². The molecule has 1 aromatic heterocycles. The maximum absolute atomic E-state index is 13.0. The van der Waals surface area contributed by atoms with Crippen molar-refractivity contribution in [3.05, 3.63) is 47.7 Å². The molecule has 1 amide bonds. The summed E-state index contributed by atoms with van der Waals surface area (Å²) >= 11 is 1.16. The maximum atomic E-state index is 13.0. The molecule has 0 bridgehead atoms. The van der Waals surface area contributed by atoms with Gasteiger partial charge in [-0.3, -0.25) is 9.93 Å². The van der Waals surface area contributed by atoms with E-state index >= 15 is 0 Å². The van der Waals surface area contributed by atoms with Gasteiger partial charge in [0.1, 0.15) is 5.82 Å². The Bertz CT molecular complexity index is 810. The lowest BCUT2D eigenvalue weighted by Gasteiger charge is -2.30. The molecule has 3 rings (SSSR count). The summed E-state index contributed by atoms with van der Waals surface area (Å²) in [5, 5.41) is 8.62. The first-order chi connectivity index (χ1) is 12.9. The number of amides is 1. The molecule has 2 aromatic rings. The molecule has 1 aliphatic rings. The average molecular weight is 385 g/mol. The second kappa shape index (κ2) is 8.31. The normalized spacial score (nSPS) is 14.9. The Morgan fingerprint density at radius 3 is 2.56 bits per heavy atom. The molecule has 2 heterocycles. The number of benzene rings is 1. The largest absolute Gasteiger partial charge is 0.356 e. The predicted octanol–water partition coefficient (Wildman–Crippen LogP) is 4.59. The molecule has 0 unspecified atom stereocenters. The quantitative estimate of drug-likeness (QED) is 0.755. The van der Waals surface area contributed by atoms with E-state index in [0.29, 0.717) is 5.56 Å². The molecule has 1 fully saturated rings. The van der Waals surface area contributed by atoms with E-state index in [2.05, 4.69) is 31.0 Å². The Morgan fingerprint density at radius 1 is 1.15 bits per heavy atom. The standard InChI is InChI=1S/C21H28N4OS/c1-21(2,3)18-11-10-17(19(24-18)25-12-5-4-6-13-25)20(26)23-15-8-7-9-16(14-15)27-22/h7-11,14H,4-6,12-13,22H2,1-3H3,(H,23,26). The van der Waals surface area contributed by atoms with Crippen molar-refractivity contribution in [2.45, 2.75) is 50.3 Å². The van der Waals surface area contributed by atoms with Gasteiger partial charge in [0.15, 0.2) is 0 Å². The first kappa shape index (κ1) is 19.7. The van der Waals surface area contributed by atoms with E-state index in [9.17, 15) is 4.79 Å². The van der Waals surface area contributed by atoms with E-state index < -0.39 is 0 Å². The minimum Gasteiger partial charge on any atom is -0.356 e. The van der Waals surface area contributed by atoms with Gasteiger partial charge in [0.2, 0.25) is 0 Å². The first-order valence-electron chi connectivity index (χ1n) is 9.43. The molecule has 5 nitrogen and oxygen atoms in total. The number of carbonyl (C=O) groups excluding carboxylic acids is 1. The van der Waals surface area contributed by atoms with Crippen LogP contribution in [0, 0.1) is 0 Å². The molecule has 27 heavy (non-hydrogen) atoms. The highest BCUT2D eigenvalue weighted by Crippen LogP contribution is 2.28. The van der Waals surface area contributed by atoms with Crippen LogP contribution < -0.4 is 15.4 Å². The number of piperidine rings is 1. The molecule has 6 heteroatoms. The van der Waals surface area contributed by atoms with Crippen LogP contribution in [0.2, 0.25) is 0 Å². The van der Waals surface area contributed by atoms with Crippen LogP contribution >= 0.6 is 11.9 Å². The Hall–Kier alpha value is -2.05. The monoisotopic (exact) mass is 384 g/mol. The Labute approximate surface area is 165 Å². The van der Waals surface area contributed by atoms with Crippen molar-refractivity contribution >= 4 is 29.4 Å². The summed E-state index contributed by atoms with van der Waals surface area (Å²) in [7, 11) is 0. The summed E-state index contributed by atoms with van der Waals surface area (Å²) < 4.78 is 0. The van der Waals surface area contributed by atoms with Gasteiger partial charge in [0, 0.05) is 34.8 Å². The van der Waals surface area contributed by atoms with Crippen molar-refractivity contribution in [2.75, 3.05) is 23.3 Å². The Morgan fingerprint density at radius 2 is 1.89 bits per heavy atom. The molecular formula is C21H28N4OS. The fourth-order valence-corrected chi connectivity index (χ4v) is 3.59. The number of hydrogen-bond donors (Lipinski definition) is 2. The highest BCUT2D eigenvalue weighted by Gasteiger charge is 2.24. The van der Waals surface area contributed by atoms with Gasteiger partial charge in [-0.05, 0) is 61.5 Å². The number of rotatable bonds is 4. The van der Waals surface area contributed by atoms with Gasteiger partial charge in [-0.2, -0.15) is 0 Å². The molecule has 0 saturated carbocycles. The number of anilines is 2. The Kier molecular flexibility index (Phi) is 6.07. The van der Waals surface area contributed by atoms with Crippen LogP contribution in [0.4, 0.5) is 11.5 Å². The molecule has 0 atom stereocenters. The lowest BCUT2D eigenvalue weighted by Crippen LogP contribution is -2.33. The number of nitrogens with zero attached hydrogens (tertiary/aromatic N) is 2. The van der Waals surface area contributed by atoms with Gasteiger partial charge in [-0.1, -0.05) is 26.8 Å². The third-order valence-electron chi connectivity index (χ3n) is 4.77. The predicted molar refractivity (Wildman–Crippen MR) is 113 cm³/mol. The van der Waals surface area contributed by atoms with Gasteiger partial charge < -0.3 is 10.2 Å². The van der Waals surface area contributed by atoms with Crippen LogP contribution in [-0.4, -0.2) is 24.0 Å². The maximum Gasteiger partial charge on any atom is 0.259 e. The van der Waals surface area contributed by atoms with E-state index in [0.717, 1.165) is 60.0 Å². The van der Waals surface area contributed by atoms with Gasteiger partial charge in [-0.25, -0.2) is 4.98 Å². The molecule has 0 spiro atoms. The number of aromatic nitrogens is 1. The summed E-state index contributed by atoms with van der Waals surface area (Å²) in [4.78, 5) is 21.1. The zero-order valence-electron chi connectivity index (χ0n) is 16.3. The summed E-state index contributed by atoms with van der Waals surface area (Å²) in [5.41, 5.74) is 2.29. The number of pyridine rings is 1. The van der Waals surface area contributed by atoms with E-state index in [1.54, 1.807) is 0 Å². The number of nitrogens with two attached hydrogens (primary N) is 1. The van der Waals surface area contributed by atoms with Crippen LogP contribution in [0.1, 0.15) is 56.1 Å². The summed E-state index contributed by atoms with van der Waals surface area (Å²) in [6.07, 6.45) is 3.51. The molecular weight excluding hydrogens is 356 g/mol. The zero-order valence-corrected chi connectivity index (χ0v) is 17.1. The van der Waals surface area contributed by atoms with Crippen molar-refractivity contribution in [3.63, 3.8) is 0 Å². The van der Waals surface area contributed by atoms with Gasteiger partial charge in [0.25, 0.3) is 5.91 Å². The second-order valence-electron chi connectivity index (χ2n) is 7.97. The minimum absolute atomic E-state index is 0.0633. The summed E-state index contributed by atoms with van der Waals surface area (Å²) in [6, 6.07) is 11.4. The fraction of sp³-hybridized carbons (Fsp3) is 0.429. The molecule has 144 valence electrons. The number of hydrogen-bond acceptors (Lipinski definition) is 5. The topological polar surface area (TPSA) is 71.2 Å². The van der Waals surface area contributed by atoms with Crippen molar-refractivity contribution in [3.8, 4) is 0 Å². The SMILES string of the molecule is CC(C)(C)c1ccc(C(=O)Nc2cccc(SN)c2)c(N2CCCCC2)n1. The van der Waals surface area contributed by atoms with Gasteiger partial charge in [0.05, 0.1) is 5.56 Å². The summed E-state index contributed by atoms with van der Waals surface area (Å²) in [5.74, 6) is 0.659. The van der Waals surface area contributed by atoms with E-state index in [-0.39, 0.29) is 11.3 Å². The smallest absolute Gasteiger partial charge is 0.259 e. The highest BCUT2D eigenvalue weighted by atomic mass is 32.2. The van der Waals surface area contributed by atoms with Crippen LogP contribution in [0.3, 0.4) is 0 Å². The molecule has 1 saturated heterocycles. The van der Waals surface area contributed by atoms with E-state index in [1.807, 2.05) is 36.4 Å². The lowest BCUT2D eigenvalue weighted by molar-refractivity contribution is 0.102. The lowest BCUT2D eigenvalue weighted by atomic mass is 9.91. The fourth-order valence-electron chi connectivity index (χ4n) is 3.24. The third kappa shape index (κ3) is 4.82.